The zero-order valence-electron chi connectivity index (χ0n) is 21.6. The number of phenolic OH excluding ortho intramolecular Hbond substituents is 1. The minimum atomic E-state index is -1.05. The SMILES string of the molecule is CCC(C)N(C(=O)C(C)NC(=O)OC(C)(C)C)C(C(=O)Nc1ccccc1C)c1cccc(O)c1. The van der Waals surface area contributed by atoms with Gasteiger partial charge in [0.25, 0.3) is 5.91 Å². The Balaban J connectivity index is 2.47. The lowest BCUT2D eigenvalue weighted by Crippen LogP contribution is -2.53. The molecule has 0 bridgehead atoms. The van der Waals surface area contributed by atoms with Crippen molar-refractivity contribution in [1.82, 2.24) is 10.2 Å². The molecule has 2 aromatic carbocycles. The second kappa shape index (κ2) is 11.7. The molecule has 0 aromatic heterocycles. The lowest BCUT2D eigenvalue weighted by Gasteiger charge is -2.37. The number of carbonyl (C=O) groups is 3. The van der Waals surface area contributed by atoms with Gasteiger partial charge in [-0.05, 0) is 77.3 Å². The summed E-state index contributed by atoms with van der Waals surface area (Å²) in [6.07, 6.45) is -0.154. The van der Waals surface area contributed by atoms with Gasteiger partial charge < -0.3 is 25.4 Å². The van der Waals surface area contributed by atoms with Crippen molar-refractivity contribution in [1.29, 1.82) is 0 Å². The molecule has 35 heavy (non-hydrogen) atoms. The van der Waals surface area contributed by atoms with E-state index >= 15 is 0 Å². The maximum atomic E-state index is 13.7. The van der Waals surface area contributed by atoms with Crippen molar-refractivity contribution < 1.29 is 24.2 Å². The summed E-state index contributed by atoms with van der Waals surface area (Å²) in [5.74, 6) is -0.894. The highest BCUT2D eigenvalue weighted by Crippen LogP contribution is 2.29. The van der Waals surface area contributed by atoms with Crippen LogP contribution in [-0.2, 0) is 14.3 Å². The number of hydrogen-bond acceptors (Lipinski definition) is 5. The first kappa shape index (κ1) is 27.7. The van der Waals surface area contributed by atoms with Crippen LogP contribution in [0.4, 0.5) is 10.5 Å². The van der Waals surface area contributed by atoms with Crippen molar-refractivity contribution in [3.05, 3.63) is 59.7 Å². The van der Waals surface area contributed by atoms with Gasteiger partial charge in [-0.3, -0.25) is 9.59 Å². The van der Waals surface area contributed by atoms with Crippen LogP contribution in [0, 0.1) is 6.92 Å². The number of aryl methyl sites for hydroxylation is 1. The van der Waals surface area contributed by atoms with Crippen molar-refractivity contribution in [3.63, 3.8) is 0 Å². The van der Waals surface area contributed by atoms with E-state index in [0.29, 0.717) is 17.7 Å². The standard InChI is InChI=1S/C27H37N3O5/c1-8-18(3)30(25(33)19(4)28-26(34)35-27(5,6)7)23(20-13-11-14-21(31)16-20)24(32)29-22-15-10-9-12-17(22)2/h9-16,18-19,23,31H,8H2,1-7H3,(H,28,34)(H,29,32). The Bertz CT molecular complexity index is 1050. The van der Waals surface area contributed by atoms with Crippen molar-refractivity contribution in [2.45, 2.75) is 78.6 Å². The van der Waals surface area contributed by atoms with Crippen LogP contribution in [0.2, 0.25) is 0 Å². The van der Waals surface area contributed by atoms with Gasteiger partial charge in [0.15, 0.2) is 0 Å². The van der Waals surface area contributed by atoms with Crippen molar-refractivity contribution in [2.24, 2.45) is 0 Å². The molecule has 0 saturated heterocycles. The fourth-order valence-corrected chi connectivity index (χ4v) is 3.61. The molecule has 3 N–H and O–H groups in total. The lowest BCUT2D eigenvalue weighted by atomic mass is 9.99. The van der Waals surface area contributed by atoms with E-state index in [-0.39, 0.29) is 11.8 Å². The quantitative estimate of drug-likeness (QED) is 0.494. The molecule has 8 heteroatoms. The summed E-state index contributed by atoms with van der Waals surface area (Å²) >= 11 is 0. The number of nitrogens with zero attached hydrogens (tertiary/aromatic N) is 1. The average Bonchev–Trinajstić information content (AvgIpc) is 2.76. The zero-order valence-corrected chi connectivity index (χ0v) is 21.6. The van der Waals surface area contributed by atoms with Crippen molar-refractivity contribution in [2.75, 3.05) is 5.32 Å². The molecular weight excluding hydrogens is 446 g/mol. The van der Waals surface area contributed by atoms with E-state index in [1.54, 1.807) is 45.9 Å². The fraction of sp³-hybridized carbons (Fsp3) is 0.444. The smallest absolute Gasteiger partial charge is 0.408 e. The van der Waals surface area contributed by atoms with Crippen LogP contribution in [0.1, 0.15) is 65.1 Å². The third kappa shape index (κ3) is 7.73. The minimum absolute atomic E-state index is 0.0207. The number of rotatable bonds is 8. The van der Waals surface area contributed by atoms with Crippen LogP contribution in [0.15, 0.2) is 48.5 Å². The molecule has 2 rings (SSSR count). The summed E-state index contributed by atoms with van der Waals surface area (Å²) < 4.78 is 5.29. The summed E-state index contributed by atoms with van der Waals surface area (Å²) in [5.41, 5.74) is 1.23. The van der Waals surface area contributed by atoms with Gasteiger partial charge in [-0.15, -0.1) is 0 Å². The fourth-order valence-electron chi connectivity index (χ4n) is 3.61. The van der Waals surface area contributed by atoms with E-state index < -0.39 is 35.6 Å². The maximum absolute atomic E-state index is 13.7. The van der Waals surface area contributed by atoms with Crippen LogP contribution in [0.5, 0.6) is 5.75 Å². The molecular formula is C27H37N3O5. The second-order valence-electron chi connectivity index (χ2n) is 9.67. The van der Waals surface area contributed by atoms with E-state index in [1.165, 1.54) is 17.0 Å². The Hall–Kier alpha value is -3.55. The van der Waals surface area contributed by atoms with Gasteiger partial charge in [-0.1, -0.05) is 37.3 Å². The Kier molecular flexibility index (Phi) is 9.28. The van der Waals surface area contributed by atoms with Gasteiger partial charge >= 0.3 is 6.09 Å². The molecule has 0 heterocycles. The number of aromatic hydroxyl groups is 1. The number of amides is 3. The van der Waals surface area contributed by atoms with Crippen molar-refractivity contribution >= 4 is 23.6 Å². The number of nitrogens with one attached hydrogen (secondary N) is 2. The summed E-state index contributed by atoms with van der Waals surface area (Å²) in [7, 11) is 0. The van der Waals surface area contributed by atoms with Gasteiger partial charge in [-0.25, -0.2) is 4.79 Å². The minimum Gasteiger partial charge on any atom is -0.508 e. The number of anilines is 1. The van der Waals surface area contributed by atoms with Crippen LogP contribution < -0.4 is 10.6 Å². The number of benzene rings is 2. The predicted octanol–water partition coefficient (Wildman–Crippen LogP) is 4.92. The largest absolute Gasteiger partial charge is 0.508 e. The highest BCUT2D eigenvalue weighted by Gasteiger charge is 2.37. The Morgan fingerprint density at radius 3 is 2.29 bits per heavy atom. The van der Waals surface area contributed by atoms with E-state index in [2.05, 4.69) is 10.6 Å². The molecule has 3 amide bonds. The molecule has 0 spiro atoms. The number of carbonyl (C=O) groups excluding carboxylic acids is 3. The second-order valence-corrected chi connectivity index (χ2v) is 9.67. The van der Waals surface area contributed by atoms with Gasteiger partial charge in [0, 0.05) is 11.7 Å². The van der Waals surface area contributed by atoms with Crippen LogP contribution in [0.3, 0.4) is 0 Å². The molecule has 3 unspecified atom stereocenters. The average molecular weight is 484 g/mol. The van der Waals surface area contributed by atoms with E-state index in [1.807, 2.05) is 39.0 Å². The highest BCUT2D eigenvalue weighted by molar-refractivity contribution is 5.99. The highest BCUT2D eigenvalue weighted by atomic mass is 16.6. The van der Waals surface area contributed by atoms with E-state index in [0.717, 1.165) is 5.56 Å². The number of phenols is 1. The van der Waals surface area contributed by atoms with Crippen LogP contribution in [-0.4, -0.2) is 45.6 Å². The zero-order chi connectivity index (χ0) is 26.3. The maximum Gasteiger partial charge on any atom is 0.408 e. The van der Waals surface area contributed by atoms with E-state index in [4.69, 9.17) is 4.74 Å². The molecule has 0 aliphatic heterocycles. The first-order valence-corrected chi connectivity index (χ1v) is 11.8. The Morgan fingerprint density at radius 1 is 1.06 bits per heavy atom. The van der Waals surface area contributed by atoms with Crippen molar-refractivity contribution in [3.8, 4) is 5.75 Å². The first-order valence-electron chi connectivity index (χ1n) is 11.8. The number of para-hydroxylation sites is 1. The molecule has 0 radical (unpaired) electrons. The number of hydrogen-bond donors (Lipinski definition) is 3. The number of ether oxygens (including phenoxy) is 1. The summed E-state index contributed by atoms with van der Waals surface area (Å²) in [5, 5.41) is 15.6. The molecule has 0 saturated carbocycles. The van der Waals surface area contributed by atoms with Crippen LogP contribution in [0.25, 0.3) is 0 Å². The third-order valence-corrected chi connectivity index (χ3v) is 5.54. The first-order chi connectivity index (χ1) is 16.3. The molecule has 190 valence electrons. The topological polar surface area (TPSA) is 108 Å². The summed E-state index contributed by atoms with van der Waals surface area (Å²) in [4.78, 5) is 41.1. The third-order valence-electron chi connectivity index (χ3n) is 5.54. The van der Waals surface area contributed by atoms with Gasteiger partial charge in [0.1, 0.15) is 23.4 Å². The molecule has 2 aromatic rings. The Labute approximate surface area is 207 Å². The summed E-state index contributed by atoms with van der Waals surface area (Å²) in [6, 6.07) is 11.3. The molecule has 3 atom stereocenters. The normalized spacial score (nSPS) is 13.8. The molecule has 0 fully saturated rings. The summed E-state index contributed by atoms with van der Waals surface area (Å²) in [6.45, 7) is 12.4. The predicted molar refractivity (Wildman–Crippen MR) is 136 cm³/mol. The number of alkyl carbamates (subject to hydrolysis) is 1. The molecule has 8 nitrogen and oxygen atoms in total. The van der Waals surface area contributed by atoms with Gasteiger partial charge in [-0.2, -0.15) is 0 Å². The lowest BCUT2D eigenvalue weighted by molar-refractivity contribution is -0.143. The van der Waals surface area contributed by atoms with Crippen LogP contribution >= 0.6 is 0 Å². The van der Waals surface area contributed by atoms with Gasteiger partial charge in [0.05, 0.1) is 0 Å². The monoisotopic (exact) mass is 483 g/mol. The van der Waals surface area contributed by atoms with Gasteiger partial charge in [0.2, 0.25) is 5.91 Å². The Morgan fingerprint density at radius 2 is 1.71 bits per heavy atom. The molecule has 0 aliphatic carbocycles. The van der Waals surface area contributed by atoms with E-state index in [9.17, 15) is 19.5 Å². The molecule has 0 aliphatic rings.